The second-order valence-electron chi connectivity index (χ2n) is 4.98. The fourth-order valence-electron chi connectivity index (χ4n) is 1.99. The van der Waals surface area contributed by atoms with E-state index in [2.05, 4.69) is 0 Å². The lowest BCUT2D eigenvalue weighted by Gasteiger charge is -2.10. The SMILES string of the molecule is Cc1cc(Cl)ccc1C(=O)c1ccc(OC(C)C)cc1. The minimum atomic E-state index is -0.00439. The van der Waals surface area contributed by atoms with Crippen LogP contribution in [0.2, 0.25) is 5.02 Å². The number of benzene rings is 2. The zero-order chi connectivity index (χ0) is 14.7. The fraction of sp³-hybridized carbons (Fsp3) is 0.235. The molecular weight excluding hydrogens is 272 g/mol. The number of halogens is 1. The predicted molar refractivity (Wildman–Crippen MR) is 81.8 cm³/mol. The fourth-order valence-corrected chi connectivity index (χ4v) is 2.22. The average Bonchev–Trinajstić information content (AvgIpc) is 2.38. The van der Waals surface area contributed by atoms with Crippen molar-refractivity contribution in [3.8, 4) is 5.75 Å². The van der Waals surface area contributed by atoms with Gasteiger partial charge in [0.2, 0.25) is 0 Å². The molecule has 2 aromatic carbocycles. The van der Waals surface area contributed by atoms with E-state index in [9.17, 15) is 4.79 Å². The monoisotopic (exact) mass is 288 g/mol. The van der Waals surface area contributed by atoms with Crippen LogP contribution in [0.25, 0.3) is 0 Å². The van der Waals surface area contributed by atoms with Gasteiger partial charge < -0.3 is 4.74 Å². The van der Waals surface area contributed by atoms with Crippen LogP contribution in [-0.4, -0.2) is 11.9 Å². The lowest BCUT2D eigenvalue weighted by atomic mass is 9.99. The van der Waals surface area contributed by atoms with Crippen LogP contribution < -0.4 is 4.74 Å². The van der Waals surface area contributed by atoms with Crippen molar-refractivity contribution in [3.05, 3.63) is 64.2 Å². The Hall–Kier alpha value is -1.80. The molecule has 0 aliphatic heterocycles. The molecule has 0 unspecified atom stereocenters. The summed E-state index contributed by atoms with van der Waals surface area (Å²) in [6.07, 6.45) is 0.120. The van der Waals surface area contributed by atoms with Gasteiger partial charge in [-0.2, -0.15) is 0 Å². The molecule has 0 atom stereocenters. The molecule has 2 rings (SSSR count). The van der Waals surface area contributed by atoms with E-state index >= 15 is 0 Å². The third kappa shape index (κ3) is 3.40. The molecule has 2 aromatic rings. The zero-order valence-electron chi connectivity index (χ0n) is 11.8. The van der Waals surface area contributed by atoms with Crippen molar-refractivity contribution in [2.24, 2.45) is 0 Å². The van der Waals surface area contributed by atoms with Gasteiger partial charge in [0, 0.05) is 16.1 Å². The lowest BCUT2D eigenvalue weighted by Crippen LogP contribution is -2.06. The first-order valence-electron chi connectivity index (χ1n) is 6.55. The molecule has 0 bridgehead atoms. The molecule has 20 heavy (non-hydrogen) atoms. The summed E-state index contributed by atoms with van der Waals surface area (Å²) in [7, 11) is 0. The van der Waals surface area contributed by atoms with Crippen LogP contribution in [0.1, 0.15) is 35.3 Å². The van der Waals surface area contributed by atoms with Gasteiger partial charge in [-0.1, -0.05) is 11.6 Å². The summed E-state index contributed by atoms with van der Waals surface area (Å²) in [5.74, 6) is 0.764. The zero-order valence-corrected chi connectivity index (χ0v) is 12.6. The van der Waals surface area contributed by atoms with Crippen molar-refractivity contribution in [2.45, 2.75) is 26.9 Å². The third-order valence-electron chi connectivity index (χ3n) is 2.92. The van der Waals surface area contributed by atoms with Crippen LogP contribution in [0.15, 0.2) is 42.5 Å². The van der Waals surface area contributed by atoms with Gasteiger partial charge in [-0.15, -0.1) is 0 Å². The highest BCUT2D eigenvalue weighted by Crippen LogP contribution is 2.20. The molecule has 0 amide bonds. The standard InChI is InChI=1S/C17H17ClO2/c1-11(2)20-15-7-4-13(5-8-15)17(19)16-9-6-14(18)10-12(16)3/h4-11H,1-3H3. The van der Waals surface area contributed by atoms with Crippen molar-refractivity contribution >= 4 is 17.4 Å². The van der Waals surface area contributed by atoms with E-state index in [0.717, 1.165) is 11.3 Å². The number of carbonyl (C=O) groups is 1. The maximum absolute atomic E-state index is 12.4. The molecule has 0 N–H and O–H groups in total. The molecule has 0 aliphatic carbocycles. The van der Waals surface area contributed by atoms with Gasteiger partial charge in [-0.05, 0) is 68.8 Å². The Kier molecular flexibility index (Phi) is 4.46. The van der Waals surface area contributed by atoms with E-state index in [-0.39, 0.29) is 11.9 Å². The summed E-state index contributed by atoms with van der Waals surface area (Å²) in [6.45, 7) is 5.82. The molecule has 104 valence electrons. The molecule has 0 spiro atoms. The quantitative estimate of drug-likeness (QED) is 0.765. The van der Waals surface area contributed by atoms with Crippen LogP contribution in [0.5, 0.6) is 5.75 Å². The summed E-state index contributed by atoms with van der Waals surface area (Å²) < 4.78 is 5.57. The number of rotatable bonds is 4. The Bertz CT molecular complexity index is 615. The summed E-state index contributed by atoms with van der Waals surface area (Å²) in [6, 6.07) is 12.5. The van der Waals surface area contributed by atoms with Crippen LogP contribution in [-0.2, 0) is 0 Å². The summed E-state index contributed by atoms with van der Waals surface area (Å²) in [4.78, 5) is 12.4. The minimum Gasteiger partial charge on any atom is -0.491 e. The smallest absolute Gasteiger partial charge is 0.193 e. The summed E-state index contributed by atoms with van der Waals surface area (Å²) in [5, 5.41) is 0.639. The van der Waals surface area contributed by atoms with Crippen molar-refractivity contribution in [1.29, 1.82) is 0 Å². The van der Waals surface area contributed by atoms with E-state index in [0.29, 0.717) is 16.1 Å². The lowest BCUT2D eigenvalue weighted by molar-refractivity contribution is 0.103. The van der Waals surface area contributed by atoms with E-state index in [1.165, 1.54) is 0 Å². The largest absolute Gasteiger partial charge is 0.491 e. The molecule has 0 aromatic heterocycles. The number of hydrogen-bond donors (Lipinski definition) is 0. The molecular formula is C17H17ClO2. The molecule has 0 heterocycles. The van der Waals surface area contributed by atoms with Crippen molar-refractivity contribution in [3.63, 3.8) is 0 Å². The van der Waals surface area contributed by atoms with Gasteiger partial charge in [0.25, 0.3) is 0 Å². The first kappa shape index (κ1) is 14.6. The maximum atomic E-state index is 12.4. The number of ketones is 1. The second kappa shape index (κ2) is 6.10. The minimum absolute atomic E-state index is 0.00439. The number of aryl methyl sites for hydroxylation is 1. The van der Waals surface area contributed by atoms with Crippen LogP contribution >= 0.6 is 11.6 Å². The van der Waals surface area contributed by atoms with Gasteiger partial charge in [-0.25, -0.2) is 0 Å². The van der Waals surface area contributed by atoms with Gasteiger partial charge in [0.05, 0.1) is 6.10 Å². The average molecular weight is 289 g/mol. The number of ether oxygens (including phenoxy) is 1. The van der Waals surface area contributed by atoms with Gasteiger partial charge in [-0.3, -0.25) is 4.79 Å². The summed E-state index contributed by atoms with van der Waals surface area (Å²) >= 11 is 5.91. The topological polar surface area (TPSA) is 26.3 Å². The molecule has 0 saturated carbocycles. The Balaban J connectivity index is 2.25. The highest BCUT2D eigenvalue weighted by Gasteiger charge is 2.12. The molecule has 3 heteroatoms. The van der Waals surface area contributed by atoms with E-state index in [1.54, 1.807) is 30.3 Å². The Morgan fingerprint density at radius 2 is 1.75 bits per heavy atom. The predicted octanol–water partition coefficient (Wildman–Crippen LogP) is 4.67. The first-order chi connectivity index (χ1) is 9.47. The van der Waals surface area contributed by atoms with Gasteiger partial charge in [0.1, 0.15) is 5.75 Å². The Labute approximate surface area is 124 Å². The Morgan fingerprint density at radius 1 is 1.10 bits per heavy atom. The normalized spacial score (nSPS) is 10.7. The summed E-state index contributed by atoms with van der Waals surface area (Å²) in [5.41, 5.74) is 2.20. The number of hydrogen-bond acceptors (Lipinski definition) is 2. The Morgan fingerprint density at radius 3 is 2.30 bits per heavy atom. The maximum Gasteiger partial charge on any atom is 0.193 e. The first-order valence-corrected chi connectivity index (χ1v) is 6.92. The molecule has 0 saturated heterocycles. The molecule has 0 aliphatic rings. The van der Waals surface area contributed by atoms with Crippen molar-refractivity contribution < 1.29 is 9.53 Å². The third-order valence-corrected chi connectivity index (χ3v) is 3.16. The van der Waals surface area contributed by atoms with Crippen LogP contribution in [0.4, 0.5) is 0 Å². The molecule has 0 fully saturated rings. The second-order valence-corrected chi connectivity index (χ2v) is 5.42. The van der Waals surface area contributed by atoms with Crippen LogP contribution in [0.3, 0.4) is 0 Å². The van der Waals surface area contributed by atoms with E-state index in [1.807, 2.05) is 32.9 Å². The number of carbonyl (C=O) groups excluding carboxylic acids is 1. The van der Waals surface area contributed by atoms with Crippen molar-refractivity contribution in [1.82, 2.24) is 0 Å². The highest BCUT2D eigenvalue weighted by atomic mass is 35.5. The van der Waals surface area contributed by atoms with Crippen molar-refractivity contribution in [2.75, 3.05) is 0 Å². The highest BCUT2D eigenvalue weighted by molar-refractivity contribution is 6.30. The van der Waals surface area contributed by atoms with Crippen LogP contribution in [0, 0.1) is 6.92 Å². The van der Waals surface area contributed by atoms with Gasteiger partial charge >= 0.3 is 0 Å². The van der Waals surface area contributed by atoms with Gasteiger partial charge in [0.15, 0.2) is 5.78 Å². The molecule has 2 nitrogen and oxygen atoms in total. The molecule has 0 radical (unpaired) electrons. The van der Waals surface area contributed by atoms with E-state index < -0.39 is 0 Å². The van der Waals surface area contributed by atoms with E-state index in [4.69, 9.17) is 16.3 Å².